The lowest BCUT2D eigenvalue weighted by Gasteiger charge is -2.12. The Bertz CT molecular complexity index is 1010. The van der Waals surface area contributed by atoms with Crippen molar-refractivity contribution in [1.82, 2.24) is 10.3 Å². The molecular formula is C20H18FN3O3. The van der Waals surface area contributed by atoms with Crippen LogP contribution in [-0.2, 0) is 4.79 Å². The van der Waals surface area contributed by atoms with Gasteiger partial charge in [-0.25, -0.2) is 4.39 Å². The molecule has 27 heavy (non-hydrogen) atoms. The van der Waals surface area contributed by atoms with E-state index in [2.05, 4.69) is 27.5 Å². The number of hydrogen-bond donors (Lipinski definition) is 4. The SMILES string of the molecule is COc1cc[nH]c1C=C1C(=O)Nc2ccc(F)c(C#CC3(O)CCNC3)c21. The number of β-amino-alcohol motifs (C(OH)–C–C–N with tert-alkyl or cyclic N) is 1. The number of carbonyl (C=O) groups excluding carboxylic acids is 1. The van der Waals surface area contributed by atoms with Crippen LogP contribution < -0.4 is 15.4 Å². The number of aliphatic hydroxyl groups is 1. The molecule has 2 aliphatic rings. The van der Waals surface area contributed by atoms with Gasteiger partial charge in [0, 0.05) is 24.7 Å². The number of ether oxygens (including phenoxy) is 1. The van der Waals surface area contributed by atoms with Gasteiger partial charge in [-0.2, -0.15) is 0 Å². The molecule has 2 aromatic rings. The Morgan fingerprint density at radius 3 is 2.96 bits per heavy atom. The lowest BCUT2D eigenvalue weighted by molar-refractivity contribution is -0.110. The van der Waals surface area contributed by atoms with Crippen LogP contribution in [0.4, 0.5) is 10.1 Å². The molecule has 138 valence electrons. The number of H-pyrrole nitrogens is 1. The Morgan fingerprint density at radius 2 is 2.22 bits per heavy atom. The van der Waals surface area contributed by atoms with Crippen molar-refractivity contribution in [1.29, 1.82) is 0 Å². The minimum absolute atomic E-state index is 0.0861. The number of aromatic amines is 1. The minimum atomic E-state index is -1.20. The predicted octanol–water partition coefficient (Wildman–Crippen LogP) is 1.73. The minimum Gasteiger partial charge on any atom is -0.495 e. The van der Waals surface area contributed by atoms with Crippen molar-refractivity contribution in [2.75, 3.05) is 25.5 Å². The van der Waals surface area contributed by atoms with Gasteiger partial charge in [-0.3, -0.25) is 4.79 Å². The number of carbonyl (C=O) groups is 1. The monoisotopic (exact) mass is 367 g/mol. The molecule has 1 aromatic heterocycles. The summed E-state index contributed by atoms with van der Waals surface area (Å²) in [6.45, 7) is 0.981. The molecule has 4 N–H and O–H groups in total. The van der Waals surface area contributed by atoms with Crippen molar-refractivity contribution in [2.45, 2.75) is 12.0 Å². The number of nitrogens with one attached hydrogen (secondary N) is 3. The maximum Gasteiger partial charge on any atom is 0.256 e. The average Bonchev–Trinajstić information content (AvgIpc) is 3.35. The number of rotatable bonds is 2. The van der Waals surface area contributed by atoms with Crippen molar-refractivity contribution in [2.24, 2.45) is 0 Å². The number of anilines is 1. The molecule has 6 nitrogen and oxygen atoms in total. The fraction of sp³-hybridized carbons (Fsp3) is 0.250. The first-order chi connectivity index (χ1) is 13.0. The zero-order chi connectivity index (χ0) is 19.0. The molecule has 1 atom stereocenters. The molecule has 0 spiro atoms. The van der Waals surface area contributed by atoms with E-state index in [1.54, 1.807) is 18.3 Å². The quantitative estimate of drug-likeness (QED) is 0.481. The molecule has 1 aromatic carbocycles. The maximum atomic E-state index is 14.6. The van der Waals surface area contributed by atoms with Crippen LogP contribution in [0, 0.1) is 17.7 Å². The second-order valence-electron chi connectivity index (χ2n) is 6.53. The van der Waals surface area contributed by atoms with Crippen LogP contribution in [-0.4, -0.2) is 41.8 Å². The molecule has 3 heterocycles. The molecule has 1 fully saturated rings. The van der Waals surface area contributed by atoms with E-state index in [1.807, 2.05) is 0 Å². The zero-order valence-corrected chi connectivity index (χ0v) is 14.6. The van der Waals surface area contributed by atoms with E-state index in [1.165, 1.54) is 19.2 Å². The maximum absolute atomic E-state index is 14.6. The summed E-state index contributed by atoms with van der Waals surface area (Å²) in [4.78, 5) is 15.5. The first-order valence-corrected chi connectivity index (χ1v) is 8.54. The molecule has 2 aliphatic heterocycles. The van der Waals surface area contributed by atoms with E-state index in [4.69, 9.17) is 4.74 Å². The second kappa shape index (κ2) is 6.58. The van der Waals surface area contributed by atoms with Crippen molar-refractivity contribution in [3.8, 4) is 17.6 Å². The Kier molecular flexibility index (Phi) is 4.22. The van der Waals surface area contributed by atoms with Crippen molar-refractivity contribution >= 4 is 23.2 Å². The van der Waals surface area contributed by atoms with E-state index < -0.39 is 11.4 Å². The summed E-state index contributed by atoms with van der Waals surface area (Å²) in [5.41, 5.74) is 0.640. The molecular weight excluding hydrogens is 349 g/mol. The summed E-state index contributed by atoms with van der Waals surface area (Å²) in [5, 5.41) is 16.2. The third kappa shape index (κ3) is 3.10. The standard InChI is InChI=1S/C20H18FN3O3/c1-27-17-5-8-23-16(17)10-13-18-12(4-6-20(26)7-9-22-11-20)14(21)2-3-15(18)24-19(13)25/h2-3,5,8,10,22-23,26H,7,9,11H2,1H3,(H,24,25). The van der Waals surface area contributed by atoms with Crippen LogP contribution >= 0.6 is 0 Å². The van der Waals surface area contributed by atoms with Crippen molar-refractivity contribution in [3.05, 3.63) is 47.0 Å². The van der Waals surface area contributed by atoms with Gasteiger partial charge in [-0.1, -0.05) is 11.8 Å². The van der Waals surface area contributed by atoms with E-state index in [9.17, 15) is 14.3 Å². The summed E-state index contributed by atoms with van der Waals surface area (Å²) in [7, 11) is 1.53. The highest BCUT2D eigenvalue weighted by Crippen LogP contribution is 2.37. The van der Waals surface area contributed by atoms with E-state index >= 15 is 0 Å². The number of fused-ring (bicyclic) bond motifs is 1. The van der Waals surface area contributed by atoms with Gasteiger partial charge in [0.1, 0.15) is 17.2 Å². The first kappa shape index (κ1) is 17.3. The fourth-order valence-corrected chi connectivity index (χ4v) is 3.29. The molecule has 7 heteroatoms. The van der Waals surface area contributed by atoms with Crippen LogP contribution in [0.3, 0.4) is 0 Å². The van der Waals surface area contributed by atoms with E-state index in [-0.39, 0.29) is 17.0 Å². The third-order valence-electron chi connectivity index (χ3n) is 4.72. The van der Waals surface area contributed by atoms with Crippen LogP contribution in [0.2, 0.25) is 0 Å². The number of amides is 1. The molecule has 0 saturated carbocycles. The lowest BCUT2D eigenvalue weighted by atomic mass is 9.97. The number of methoxy groups -OCH3 is 1. The molecule has 4 rings (SSSR count). The smallest absolute Gasteiger partial charge is 0.256 e. The molecule has 1 amide bonds. The summed E-state index contributed by atoms with van der Waals surface area (Å²) in [5.74, 6) is 5.20. The van der Waals surface area contributed by atoms with Crippen LogP contribution in [0.1, 0.15) is 23.2 Å². The lowest BCUT2D eigenvalue weighted by Crippen LogP contribution is -2.29. The molecule has 0 radical (unpaired) electrons. The van der Waals surface area contributed by atoms with Gasteiger partial charge in [0.05, 0.1) is 29.6 Å². The zero-order valence-electron chi connectivity index (χ0n) is 14.6. The second-order valence-corrected chi connectivity index (χ2v) is 6.53. The van der Waals surface area contributed by atoms with Crippen LogP contribution in [0.5, 0.6) is 5.75 Å². The highest BCUT2D eigenvalue weighted by Gasteiger charge is 2.31. The summed E-state index contributed by atoms with van der Waals surface area (Å²) in [6, 6.07) is 4.50. The number of hydrogen-bond acceptors (Lipinski definition) is 4. The number of benzene rings is 1. The highest BCUT2D eigenvalue weighted by atomic mass is 19.1. The van der Waals surface area contributed by atoms with Crippen LogP contribution in [0.15, 0.2) is 24.4 Å². The Hall–Kier alpha value is -3.08. The normalized spacial score (nSPS) is 22.3. The van der Waals surface area contributed by atoms with Gasteiger partial charge in [-0.05, 0) is 30.8 Å². The Morgan fingerprint density at radius 1 is 1.37 bits per heavy atom. The van der Waals surface area contributed by atoms with Crippen molar-refractivity contribution < 1.29 is 19.0 Å². The largest absolute Gasteiger partial charge is 0.495 e. The van der Waals surface area contributed by atoms with E-state index in [0.29, 0.717) is 42.2 Å². The molecule has 0 bridgehead atoms. The summed E-state index contributed by atoms with van der Waals surface area (Å²) < 4.78 is 19.8. The van der Waals surface area contributed by atoms with Gasteiger partial charge in [-0.15, -0.1) is 0 Å². The van der Waals surface area contributed by atoms with Gasteiger partial charge >= 0.3 is 0 Å². The third-order valence-corrected chi connectivity index (χ3v) is 4.72. The summed E-state index contributed by atoms with van der Waals surface area (Å²) >= 11 is 0. The fourth-order valence-electron chi connectivity index (χ4n) is 3.29. The van der Waals surface area contributed by atoms with E-state index in [0.717, 1.165) is 0 Å². The predicted molar refractivity (Wildman–Crippen MR) is 99.6 cm³/mol. The van der Waals surface area contributed by atoms with Crippen molar-refractivity contribution in [3.63, 3.8) is 0 Å². The summed E-state index contributed by atoms with van der Waals surface area (Å²) in [6.07, 6.45) is 3.76. The van der Waals surface area contributed by atoms with Gasteiger partial charge in [0.2, 0.25) is 0 Å². The topological polar surface area (TPSA) is 86.4 Å². The van der Waals surface area contributed by atoms with Gasteiger partial charge in [0.25, 0.3) is 5.91 Å². The number of halogens is 1. The highest BCUT2D eigenvalue weighted by molar-refractivity contribution is 6.35. The Labute approximate surface area is 155 Å². The molecule has 1 saturated heterocycles. The molecule has 0 aliphatic carbocycles. The first-order valence-electron chi connectivity index (χ1n) is 8.54. The Balaban J connectivity index is 1.84. The average molecular weight is 367 g/mol. The van der Waals surface area contributed by atoms with Crippen LogP contribution in [0.25, 0.3) is 11.6 Å². The number of aromatic nitrogens is 1. The van der Waals surface area contributed by atoms with Gasteiger partial charge < -0.3 is 25.5 Å². The molecule has 1 unspecified atom stereocenters. The van der Waals surface area contributed by atoms with Gasteiger partial charge in [0.15, 0.2) is 0 Å².